The van der Waals surface area contributed by atoms with Crippen LogP contribution in [0.25, 0.3) is 0 Å². The normalized spacial score (nSPS) is 11.7. The highest BCUT2D eigenvalue weighted by Crippen LogP contribution is 2.34. The number of hydrogen-bond acceptors (Lipinski definition) is 5. The van der Waals surface area contributed by atoms with Crippen LogP contribution in [0, 0.1) is 0 Å². The van der Waals surface area contributed by atoms with Crippen LogP contribution in [0.5, 0.6) is 11.5 Å². The number of nitrogens with one attached hydrogen (secondary N) is 2. The molecule has 7 nitrogen and oxygen atoms in total. The van der Waals surface area contributed by atoms with Crippen LogP contribution in [0.3, 0.4) is 0 Å². The summed E-state index contributed by atoms with van der Waals surface area (Å²) in [6.07, 6.45) is 1.39. The van der Waals surface area contributed by atoms with Crippen molar-refractivity contribution in [1.29, 1.82) is 0 Å². The van der Waals surface area contributed by atoms with E-state index in [-0.39, 0.29) is 27.6 Å². The molecule has 0 bridgehead atoms. The predicted molar refractivity (Wildman–Crippen MR) is 92.0 cm³/mol. The smallest absolute Gasteiger partial charge is 0.291 e. The molecule has 2 aromatic rings. The van der Waals surface area contributed by atoms with Crippen molar-refractivity contribution in [3.63, 3.8) is 0 Å². The summed E-state index contributed by atoms with van der Waals surface area (Å²) in [6.45, 7) is 6.05. The van der Waals surface area contributed by atoms with E-state index in [1.165, 1.54) is 19.4 Å². The van der Waals surface area contributed by atoms with Crippen LogP contribution in [0.15, 0.2) is 23.3 Å². The molecule has 0 saturated carbocycles. The Morgan fingerprint density at radius 2 is 2.12 bits per heavy atom. The van der Waals surface area contributed by atoms with Crippen molar-refractivity contribution in [2.45, 2.75) is 26.2 Å². The van der Waals surface area contributed by atoms with E-state index >= 15 is 0 Å². The standard InChI is InChI=1S/C16H19ClN4O3/c1-16(2,3)13-7-11(19-20-13)15(23)21-18-8-9-5-10(17)14(22)12(6-9)24-4/h5-8,22H,1-4H3,(H,19,20)(H,21,23)/b18-8-. The van der Waals surface area contributed by atoms with Crippen molar-refractivity contribution in [2.24, 2.45) is 5.10 Å². The number of ether oxygens (including phenoxy) is 1. The Hall–Kier alpha value is -2.54. The first kappa shape index (κ1) is 17.8. The van der Waals surface area contributed by atoms with Gasteiger partial charge in [0.15, 0.2) is 17.2 Å². The second-order valence-electron chi connectivity index (χ2n) is 6.17. The maximum atomic E-state index is 12.0. The second-order valence-corrected chi connectivity index (χ2v) is 6.58. The number of phenols is 1. The number of aromatic nitrogens is 2. The van der Waals surface area contributed by atoms with Gasteiger partial charge in [-0.1, -0.05) is 32.4 Å². The van der Waals surface area contributed by atoms with Gasteiger partial charge in [0.1, 0.15) is 0 Å². The lowest BCUT2D eigenvalue weighted by molar-refractivity contribution is 0.0950. The number of aromatic amines is 1. The highest BCUT2D eigenvalue weighted by Gasteiger charge is 2.19. The Kier molecular flexibility index (Phi) is 5.14. The summed E-state index contributed by atoms with van der Waals surface area (Å²) in [5.74, 6) is -0.362. The lowest BCUT2D eigenvalue weighted by Gasteiger charge is -2.14. The molecule has 0 spiro atoms. The fourth-order valence-electron chi connectivity index (χ4n) is 1.87. The van der Waals surface area contributed by atoms with Crippen molar-refractivity contribution in [2.75, 3.05) is 7.11 Å². The summed E-state index contributed by atoms with van der Waals surface area (Å²) in [5, 5.41) is 20.5. The third-order valence-electron chi connectivity index (χ3n) is 3.27. The average molecular weight is 351 g/mol. The summed E-state index contributed by atoms with van der Waals surface area (Å²) >= 11 is 5.89. The Morgan fingerprint density at radius 1 is 1.42 bits per heavy atom. The first-order chi connectivity index (χ1) is 11.2. The molecule has 128 valence electrons. The minimum absolute atomic E-state index is 0.129. The Balaban J connectivity index is 2.07. The number of carbonyl (C=O) groups excluding carboxylic acids is 1. The van der Waals surface area contributed by atoms with E-state index in [0.29, 0.717) is 5.56 Å². The van der Waals surface area contributed by atoms with Crippen molar-refractivity contribution in [3.8, 4) is 11.5 Å². The number of hydrogen-bond donors (Lipinski definition) is 3. The number of rotatable bonds is 4. The average Bonchev–Trinajstić information content (AvgIpc) is 3.00. The number of carbonyl (C=O) groups is 1. The summed E-state index contributed by atoms with van der Waals surface area (Å²) in [5.41, 5.74) is 3.92. The Morgan fingerprint density at radius 3 is 2.71 bits per heavy atom. The summed E-state index contributed by atoms with van der Waals surface area (Å²) in [7, 11) is 1.42. The molecule has 0 aliphatic rings. The molecule has 0 aliphatic heterocycles. The number of nitrogens with zero attached hydrogens (tertiary/aromatic N) is 2. The Labute approximate surface area is 144 Å². The lowest BCUT2D eigenvalue weighted by Crippen LogP contribution is -2.18. The molecular formula is C16H19ClN4O3. The van der Waals surface area contributed by atoms with E-state index < -0.39 is 5.91 Å². The van der Waals surface area contributed by atoms with E-state index in [2.05, 4.69) is 20.7 Å². The zero-order chi connectivity index (χ0) is 17.9. The van der Waals surface area contributed by atoms with Gasteiger partial charge in [-0.3, -0.25) is 9.89 Å². The van der Waals surface area contributed by atoms with Gasteiger partial charge in [-0.15, -0.1) is 0 Å². The van der Waals surface area contributed by atoms with Gasteiger partial charge in [0.05, 0.1) is 18.3 Å². The molecule has 1 heterocycles. The fourth-order valence-corrected chi connectivity index (χ4v) is 2.09. The molecule has 2 rings (SSSR count). The van der Waals surface area contributed by atoms with Crippen LogP contribution < -0.4 is 10.2 Å². The van der Waals surface area contributed by atoms with E-state index in [4.69, 9.17) is 16.3 Å². The van der Waals surface area contributed by atoms with Gasteiger partial charge < -0.3 is 9.84 Å². The zero-order valence-corrected chi connectivity index (χ0v) is 14.6. The number of H-pyrrole nitrogens is 1. The number of benzene rings is 1. The van der Waals surface area contributed by atoms with E-state index in [1.54, 1.807) is 12.1 Å². The molecule has 0 radical (unpaired) electrons. The van der Waals surface area contributed by atoms with Crippen molar-refractivity contribution in [1.82, 2.24) is 15.6 Å². The minimum atomic E-state index is -0.435. The minimum Gasteiger partial charge on any atom is -0.503 e. The fraction of sp³-hybridized carbons (Fsp3) is 0.312. The molecule has 0 fully saturated rings. The maximum absolute atomic E-state index is 12.0. The number of halogens is 1. The van der Waals surface area contributed by atoms with Crippen LogP contribution in [0.4, 0.5) is 0 Å². The van der Waals surface area contributed by atoms with Crippen molar-refractivity contribution in [3.05, 3.63) is 40.2 Å². The molecular weight excluding hydrogens is 332 g/mol. The van der Waals surface area contributed by atoms with Gasteiger partial charge in [-0.2, -0.15) is 10.2 Å². The van der Waals surface area contributed by atoms with Crippen LogP contribution in [-0.2, 0) is 5.41 Å². The van der Waals surface area contributed by atoms with Crippen LogP contribution in [0.2, 0.25) is 5.02 Å². The molecule has 0 unspecified atom stereocenters. The molecule has 1 amide bonds. The summed E-state index contributed by atoms with van der Waals surface area (Å²) in [6, 6.07) is 4.73. The largest absolute Gasteiger partial charge is 0.503 e. The second kappa shape index (κ2) is 6.92. The first-order valence-corrected chi connectivity index (χ1v) is 7.56. The molecule has 1 aromatic heterocycles. The van der Waals surface area contributed by atoms with Crippen molar-refractivity contribution < 1.29 is 14.6 Å². The van der Waals surface area contributed by atoms with Gasteiger partial charge in [-0.25, -0.2) is 5.43 Å². The number of aromatic hydroxyl groups is 1. The van der Waals surface area contributed by atoms with Crippen LogP contribution in [0.1, 0.15) is 42.5 Å². The Bertz CT molecular complexity index is 778. The number of hydrazone groups is 1. The number of amides is 1. The van der Waals surface area contributed by atoms with Crippen LogP contribution in [-0.4, -0.2) is 34.5 Å². The van der Waals surface area contributed by atoms with Gasteiger partial charge in [0, 0.05) is 11.1 Å². The zero-order valence-electron chi connectivity index (χ0n) is 13.8. The van der Waals surface area contributed by atoms with Gasteiger partial charge in [0.25, 0.3) is 5.91 Å². The van der Waals surface area contributed by atoms with Crippen molar-refractivity contribution >= 4 is 23.7 Å². The topological polar surface area (TPSA) is 99.6 Å². The lowest BCUT2D eigenvalue weighted by atomic mass is 9.92. The molecule has 3 N–H and O–H groups in total. The summed E-state index contributed by atoms with van der Waals surface area (Å²) in [4.78, 5) is 12.0. The molecule has 24 heavy (non-hydrogen) atoms. The number of methoxy groups -OCH3 is 1. The van der Waals surface area contributed by atoms with Gasteiger partial charge in [-0.05, 0) is 23.8 Å². The van der Waals surface area contributed by atoms with E-state index in [1.807, 2.05) is 20.8 Å². The molecule has 0 atom stereocenters. The quantitative estimate of drug-likeness (QED) is 0.583. The molecule has 0 saturated heterocycles. The predicted octanol–water partition coefficient (Wildman–Crippen LogP) is 2.84. The molecule has 0 aliphatic carbocycles. The van der Waals surface area contributed by atoms with E-state index in [0.717, 1.165) is 5.69 Å². The van der Waals surface area contributed by atoms with Crippen LogP contribution >= 0.6 is 11.6 Å². The van der Waals surface area contributed by atoms with E-state index in [9.17, 15) is 9.90 Å². The molecule has 8 heteroatoms. The SMILES string of the molecule is COc1cc(/C=N\NC(=O)c2cc(C(C)(C)C)[nH]n2)cc(Cl)c1O. The number of phenolic OH excluding ortho intramolecular Hbond substituents is 1. The van der Waals surface area contributed by atoms with Gasteiger partial charge in [0.2, 0.25) is 0 Å². The third kappa shape index (κ3) is 4.05. The highest BCUT2D eigenvalue weighted by molar-refractivity contribution is 6.32. The maximum Gasteiger partial charge on any atom is 0.291 e. The third-order valence-corrected chi connectivity index (χ3v) is 3.56. The first-order valence-electron chi connectivity index (χ1n) is 7.18. The summed E-state index contributed by atoms with van der Waals surface area (Å²) < 4.78 is 5.00. The molecule has 1 aromatic carbocycles. The highest BCUT2D eigenvalue weighted by atomic mass is 35.5. The monoisotopic (exact) mass is 350 g/mol. The van der Waals surface area contributed by atoms with Gasteiger partial charge >= 0.3 is 0 Å².